The van der Waals surface area contributed by atoms with E-state index >= 15 is 0 Å². The van der Waals surface area contributed by atoms with Gasteiger partial charge in [-0.25, -0.2) is 8.78 Å². The quantitative estimate of drug-likeness (QED) is 0.725. The Bertz CT molecular complexity index is 283. The molecular weight excluding hydrogens is 212 g/mol. The average molecular weight is 229 g/mol. The molecule has 0 heterocycles. The van der Waals surface area contributed by atoms with E-state index in [-0.39, 0.29) is 30.7 Å². The molecular formula is C12H17F2NO. The topological polar surface area (TPSA) is 29.1 Å². The lowest BCUT2D eigenvalue weighted by Crippen LogP contribution is -2.42. The van der Waals surface area contributed by atoms with E-state index in [1.165, 1.54) is 0 Å². The molecule has 0 radical (unpaired) electrons. The first-order chi connectivity index (χ1) is 7.57. The van der Waals surface area contributed by atoms with Gasteiger partial charge in [0.25, 0.3) is 0 Å². The third-order valence-corrected chi connectivity index (χ3v) is 3.44. The Kier molecular flexibility index (Phi) is 3.26. The molecule has 2 aliphatic rings. The minimum atomic E-state index is -2.52. The van der Waals surface area contributed by atoms with Crippen molar-refractivity contribution in [2.75, 3.05) is 0 Å². The summed E-state index contributed by atoms with van der Waals surface area (Å²) in [5, 5.41) is 2.89. The van der Waals surface area contributed by atoms with Gasteiger partial charge in [0.1, 0.15) is 0 Å². The molecule has 0 aromatic carbocycles. The fourth-order valence-corrected chi connectivity index (χ4v) is 2.33. The summed E-state index contributed by atoms with van der Waals surface area (Å²) in [7, 11) is 0. The zero-order chi connectivity index (χ0) is 11.6. The third-order valence-electron chi connectivity index (χ3n) is 3.44. The maximum absolute atomic E-state index is 12.9. The highest BCUT2D eigenvalue weighted by Crippen LogP contribution is 2.33. The summed E-state index contributed by atoms with van der Waals surface area (Å²) in [6.45, 7) is 0. The predicted molar refractivity (Wildman–Crippen MR) is 57.2 cm³/mol. The standard InChI is InChI=1S/C12H17F2NO/c13-12(14)7-5-10(6-8-12)15-11(16)9-3-1-2-4-9/h1-2,9-10H,3-8H2,(H,15,16). The van der Waals surface area contributed by atoms with Crippen LogP contribution in [0, 0.1) is 5.92 Å². The summed E-state index contributed by atoms with van der Waals surface area (Å²) in [6.07, 6.45) is 6.18. The largest absolute Gasteiger partial charge is 0.353 e. The second-order valence-electron chi connectivity index (χ2n) is 4.78. The monoisotopic (exact) mass is 229 g/mol. The molecule has 2 nitrogen and oxygen atoms in total. The number of halogens is 2. The first kappa shape index (κ1) is 11.6. The summed E-state index contributed by atoms with van der Waals surface area (Å²) >= 11 is 0. The Morgan fingerprint density at radius 3 is 2.31 bits per heavy atom. The van der Waals surface area contributed by atoms with Gasteiger partial charge in [-0.2, -0.15) is 0 Å². The first-order valence-electron chi connectivity index (χ1n) is 5.90. The first-order valence-corrected chi connectivity index (χ1v) is 5.90. The van der Waals surface area contributed by atoms with Gasteiger partial charge in [0, 0.05) is 24.8 Å². The van der Waals surface area contributed by atoms with Crippen molar-refractivity contribution in [2.45, 2.75) is 50.5 Å². The highest BCUT2D eigenvalue weighted by Gasteiger charge is 2.35. The Balaban J connectivity index is 1.76. The molecule has 0 atom stereocenters. The Morgan fingerprint density at radius 2 is 1.75 bits per heavy atom. The van der Waals surface area contributed by atoms with Crippen molar-refractivity contribution in [3.05, 3.63) is 12.2 Å². The van der Waals surface area contributed by atoms with Crippen molar-refractivity contribution in [3.63, 3.8) is 0 Å². The highest BCUT2D eigenvalue weighted by atomic mass is 19.3. The molecule has 1 saturated carbocycles. The second-order valence-corrected chi connectivity index (χ2v) is 4.78. The van der Waals surface area contributed by atoms with E-state index in [4.69, 9.17) is 0 Å². The number of nitrogens with one attached hydrogen (secondary N) is 1. The molecule has 2 aliphatic carbocycles. The number of hydrogen-bond acceptors (Lipinski definition) is 1. The van der Waals surface area contributed by atoms with Crippen molar-refractivity contribution < 1.29 is 13.6 Å². The predicted octanol–water partition coefficient (Wildman–Crippen LogP) is 2.65. The van der Waals surface area contributed by atoms with Crippen molar-refractivity contribution in [2.24, 2.45) is 5.92 Å². The Labute approximate surface area is 94.1 Å². The van der Waals surface area contributed by atoms with Crippen molar-refractivity contribution in [1.29, 1.82) is 0 Å². The molecule has 4 heteroatoms. The molecule has 90 valence electrons. The van der Waals surface area contributed by atoms with Gasteiger partial charge in [-0.05, 0) is 25.7 Å². The lowest BCUT2D eigenvalue weighted by atomic mass is 9.91. The van der Waals surface area contributed by atoms with Gasteiger partial charge < -0.3 is 5.32 Å². The molecule has 0 aromatic heterocycles. The number of alkyl halides is 2. The molecule has 0 spiro atoms. The molecule has 0 saturated heterocycles. The van der Waals surface area contributed by atoms with Gasteiger partial charge in [0.15, 0.2) is 0 Å². The van der Waals surface area contributed by atoms with Crippen LogP contribution in [0.3, 0.4) is 0 Å². The van der Waals surface area contributed by atoms with Gasteiger partial charge in [0.05, 0.1) is 0 Å². The molecule has 16 heavy (non-hydrogen) atoms. The van der Waals surface area contributed by atoms with E-state index in [0.29, 0.717) is 12.8 Å². The average Bonchev–Trinajstić information content (AvgIpc) is 2.74. The number of allylic oxidation sites excluding steroid dienone is 2. The summed E-state index contributed by atoms with van der Waals surface area (Å²) in [5.74, 6) is -2.46. The summed E-state index contributed by atoms with van der Waals surface area (Å²) < 4.78 is 25.8. The van der Waals surface area contributed by atoms with Gasteiger partial charge in [-0.1, -0.05) is 12.2 Å². The van der Waals surface area contributed by atoms with Crippen LogP contribution in [-0.4, -0.2) is 17.9 Å². The fraction of sp³-hybridized carbons (Fsp3) is 0.750. The summed E-state index contributed by atoms with van der Waals surface area (Å²) in [6, 6.07) is -0.0484. The van der Waals surface area contributed by atoms with Crippen molar-refractivity contribution >= 4 is 5.91 Å². The highest BCUT2D eigenvalue weighted by molar-refractivity contribution is 5.79. The van der Waals surface area contributed by atoms with Gasteiger partial charge >= 0.3 is 0 Å². The van der Waals surface area contributed by atoms with Crippen LogP contribution in [0.5, 0.6) is 0 Å². The second kappa shape index (κ2) is 4.52. The SMILES string of the molecule is O=C(NC1CCC(F)(F)CC1)C1CC=CC1. The molecule has 0 bridgehead atoms. The van der Waals surface area contributed by atoms with Crippen LogP contribution in [0.25, 0.3) is 0 Å². The molecule has 1 N–H and O–H groups in total. The summed E-state index contributed by atoms with van der Waals surface area (Å²) in [4.78, 5) is 11.7. The molecule has 1 amide bonds. The molecule has 2 rings (SSSR count). The Hall–Kier alpha value is -0.930. The summed E-state index contributed by atoms with van der Waals surface area (Å²) in [5.41, 5.74) is 0. The van der Waals surface area contributed by atoms with E-state index < -0.39 is 5.92 Å². The van der Waals surface area contributed by atoms with Crippen molar-refractivity contribution in [3.8, 4) is 0 Å². The molecule has 0 unspecified atom stereocenters. The van der Waals surface area contributed by atoms with Crippen LogP contribution < -0.4 is 5.32 Å². The Morgan fingerprint density at radius 1 is 1.19 bits per heavy atom. The lowest BCUT2D eigenvalue weighted by Gasteiger charge is -2.29. The zero-order valence-electron chi connectivity index (χ0n) is 9.22. The smallest absolute Gasteiger partial charge is 0.248 e. The third kappa shape index (κ3) is 2.80. The van der Waals surface area contributed by atoms with Crippen LogP contribution >= 0.6 is 0 Å². The van der Waals surface area contributed by atoms with Crippen LogP contribution in [-0.2, 0) is 4.79 Å². The fourth-order valence-electron chi connectivity index (χ4n) is 2.33. The van der Waals surface area contributed by atoms with E-state index in [1.54, 1.807) is 0 Å². The maximum atomic E-state index is 12.9. The van der Waals surface area contributed by atoms with E-state index in [0.717, 1.165) is 12.8 Å². The van der Waals surface area contributed by atoms with Crippen molar-refractivity contribution in [1.82, 2.24) is 5.32 Å². The van der Waals surface area contributed by atoms with Crippen LogP contribution in [0.2, 0.25) is 0 Å². The van der Waals surface area contributed by atoms with Gasteiger partial charge in [-0.3, -0.25) is 4.79 Å². The maximum Gasteiger partial charge on any atom is 0.248 e. The number of rotatable bonds is 2. The molecule has 0 aromatic rings. The van der Waals surface area contributed by atoms with E-state index in [2.05, 4.69) is 5.32 Å². The minimum Gasteiger partial charge on any atom is -0.353 e. The number of amides is 1. The van der Waals surface area contributed by atoms with Crippen LogP contribution in [0.4, 0.5) is 8.78 Å². The van der Waals surface area contributed by atoms with Crippen LogP contribution in [0.1, 0.15) is 38.5 Å². The van der Waals surface area contributed by atoms with Crippen LogP contribution in [0.15, 0.2) is 12.2 Å². The number of carbonyl (C=O) groups is 1. The number of hydrogen-bond donors (Lipinski definition) is 1. The molecule has 0 aliphatic heterocycles. The van der Waals surface area contributed by atoms with E-state index in [9.17, 15) is 13.6 Å². The minimum absolute atomic E-state index is 0.0280. The van der Waals surface area contributed by atoms with Gasteiger partial charge in [-0.15, -0.1) is 0 Å². The van der Waals surface area contributed by atoms with Gasteiger partial charge in [0.2, 0.25) is 11.8 Å². The van der Waals surface area contributed by atoms with E-state index in [1.807, 2.05) is 12.2 Å². The lowest BCUT2D eigenvalue weighted by molar-refractivity contribution is -0.126. The number of carbonyl (C=O) groups excluding carboxylic acids is 1. The zero-order valence-corrected chi connectivity index (χ0v) is 9.22. The molecule has 1 fully saturated rings. The normalized spacial score (nSPS) is 25.9.